The summed E-state index contributed by atoms with van der Waals surface area (Å²) in [6, 6.07) is 4.42. The molecule has 0 fully saturated rings. The maximum absolute atomic E-state index is 12.0. The van der Waals surface area contributed by atoms with Crippen molar-refractivity contribution >= 4 is 15.9 Å². The number of carbonyl (C=O) groups excluding carboxylic acids is 1. The summed E-state index contributed by atoms with van der Waals surface area (Å²) in [6.45, 7) is 2.08. The van der Waals surface area contributed by atoms with Crippen molar-refractivity contribution in [2.45, 2.75) is 37.4 Å². The molecule has 0 aliphatic rings. The van der Waals surface area contributed by atoms with Crippen molar-refractivity contribution in [2.75, 3.05) is 6.54 Å². The van der Waals surface area contributed by atoms with E-state index in [2.05, 4.69) is 4.72 Å². The Hall–Kier alpha value is -1.61. The number of carbonyl (C=O) groups is 1. The van der Waals surface area contributed by atoms with Gasteiger partial charge >= 0.3 is 6.18 Å². The predicted octanol–water partition coefficient (Wildman–Crippen LogP) is 2.06. The normalized spacial score (nSPS) is 13.7. The van der Waals surface area contributed by atoms with Crippen molar-refractivity contribution < 1.29 is 26.4 Å². The Morgan fingerprint density at radius 2 is 1.77 bits per heavy atom. The zero-order valence-corrected chi connectivity index (χ0v) is 12.9. The lowest BCUT2D eigenvalue weighted by Gasteiger charge is -2.12. The van der Waals surface area contributed by atoms with Crippen molar-refractivity contribution in [3.8, 4) is 0 Å². The van der Waals surface area contributed by atoms with E-state index < -0.39 is 28.7 Å². The number of nitrogens with one attached hydrogen (secondary N) is 2. The first-order valence-corrected chi connectivity index (χ1v) is 8.01. The molecule has 1 amide bonds. The number of rotatable bonds is 6. The van der Waals surface area contributed by atoms with Gasteiger partial charge in [0.05, 0.1) is 4.90 Å². The topological polar surface area (TPSA) is 75.3 Å². The Labute approximate surface area is 127 Å². The van der Waals surface area contributed by atoms with Crippen LogP contribution in [-0.2, 0) is 10.0 Å². The highest BCUT2D eigenvalue weighted by molar-refractivity contribution is 7.89. The monoisotopic (exact) mass is 338 g/mol. The molecule has 5 nitrogen and oxygen atoms in total. The first-order valence-electron chi connectivity index (χ1n) is 6.52. The van der Waals surface area contributed by atoms with E-state index in [0.29, 0.717) is 6.42 Å². The lowest BCUT2D eigenvalue weighted by Crippen LogP contribution is -2.34. The molecule has 1 rings (SSSR count). The van der Waals surface area contributed by atoms with E-state index in [0.717, 1.165) is 12.1 Å². The summed E-state index contributed by atoms with van der Waals surface area (Å²) < 4.78 is 62.4. The Kier molecular flexibility index (Phi) is 5.95. The minimum absolute atomic E-state index is 0.0493. The van der Waals surface area contributed by atoms with E-state index in [1.165, 1.54) is 12.1 Å². The molecule has 1 atom stereocenters. The first kappa shape index (κ1) is 18.4. The van der Waals surface area contributed by atoms with Crippen LogP contribution in [0.15, 0.2) is 29.2 Å². The first-order chi connectivity index (χ1) is 10.0. The standard InChI is InChI=1S/C13H17F3N2O3S/c1-3-9(2)18-22(20,21)11-6-4-10(5-7-11)12(19)17-8-13(14,15)16/h4-7,9,18H,3,8H2,1-2H3,(H,17,19)/t9-/m1/s1. The molecule has 1 aromatic carbocycles. The van der Waals surface area contributed by atoms with E-state index in [4.69, 9.17) is 0 Å². The van der Waals surface area contributed by atoms with Crippen LogP contribution in [0.1, 0.15) is 30.6 Å². The van der Waals surface area contributed by atoms with Gasteiger partial charge in [0, 0.05) is 11.6 Å². The molecule has 0 aromatic heterocycles. The van der Waals surface area contributed by atoms with Gasteiger partial charge in [-0.2, -0.15) is 13.2 Å². The van der Waals surface area contributed by atoms with Crippen molar-refractivity contribution in [3.05, 3.63) is 29.8 Å². The summed E-state index contributed by atoms with van der Waals surface area (Å²) in [4.78, 5) is 11.4. The van der Waals surface area contributed by atoms with Crippen LogP contribution in [0, 0.1) is 0 Å². The van der Waals surface area contributed by atoms with Gasteiger partial charge in [-0.25, -0.2) is 13.1 Å². The van der Waals surface area contributed by atoms with Crippen LogP contribution < -0.4 is 10.0 Å². The number of halogens is 3. The third kappa shape index (κ3) is 5.64. The molecule has 0 heterocycles. The van der Waals surface area contributed by atoms with E-state index in [9.17, 15) is 26.4 Å². The Morgan fingerprint density at radius 3 is 2.23 bits per heavy atom. The average Bonchev–Trinajstić information content (AvgIpc) is 2.43. The van der Waals surface area contributed by atoms with Gasteiger partial charge in [0.2, 0.25) is 10.0 Å². The Balaban J connectivity index is 2.80. The smallest absolute Gasteiger partial charge is 0.343 e. The Morgan fingerprint density at radius 1 is 1.23 bits per heavy atom. The number of alkyl halides is 3. The molecule has 0 bridgehead atoms. The summed E-state index contributed by atoms with van der Waals surface area (Å²) in [5.74, 6) is -0.920. The number of benzene rings is 1. The second kappa shape index (κ2) is 7.10. The van der Waals surface area contributed by atoms with Crippen LogP contribution in [0.5, 0.6) is 0 Å². The maximum atomic E-state index is 12.0. The van der Waals surface area contributed by atoms with Gasteiger partial charge in [-0.15, -0.1) is 0 Å². The van der Waals surface area contributed by atoms with E-state index in [-0.39, 0.29) is 16.5 Å². The molecule has 0 saturated carbocycles. The molecule has 22 heavy (non-hydrogen) atoms. The fourth-order valence-corrected chi connectivity index (χ4v) is 2.81. The maximum Gasteiger partial charge on any atom is 0.405 e. The van der Waals surface area contributed by atoms with Crippen molar-refractivity contribution in [1.82, 2.24) is 10.0 Å². The van der Waals surface area contributed by atoms with Gasteiger partial charge in [-0.05, 0) is 37.6 Å². The fourth-order valence-electron chi connectivity index (χ4n) is 1.48. The molecular weight excluding hydrogens is 321 g/mol. The third-order valence-corrected chi connectivity index (χ3v) is 4.45. The van der Waals surface area contributed by atoms with Crippen molar-refractivity contribution in [2.24, 2.45) is 0 Å². The lowest BCUT2D eigenvalue weighted by atomic mass is 10.2. The summed E-state index contributed by atoms with van der Waals surface area (Å²) in [7, 11) is -3.71. The summed E-state index contributed by atoms with van der Waals surface area (Å²) in [5, 5.41) is 1.71. The second-order valence-corrected chi connectivity index (χ2v) is 6.47. The molecule has 2 N–H and O–H groups in total. The van der Waals surface area contributed by atoms with Crippen molar-refractivity contribution in [3.63, 3.8) is 0 Å². The van der Waals surface area contributed by atoms with Crippen molar-refractivity contribution in [1.29, 1.82) is 0 Å². The highest BCUT2D eigenvalue weighted by atomic mass is 32.2. The predicted molar refractivity (Wildman–Crippen MR) is 74.9 cm³/mol. The molecule has 0 aliphatic carbocycles. The third-order valence-electron chi connectivity index (χ3n) is 2.84. The van der Waals surface area contributed by atoms with Crippen LogP contribution in [0.4, 0.5) is 13.2 Å². The lowest BCUT2D eigenvalue weighted by molar-refractivity contribution is -0.123. The van der Waals surface area contributed by atoms with E-state index in [1.807, 2.05) is 6.92 Å². The summed E-state index contributed by atoms with van der Waals surface area (Å²) >= 11 is 0. The highest BCUT2D eigenvalue weighted by Crippen LogP contribution is 2.14. The summed E-state index contributed by atoms with van der Waals surface area (Å²) in [6.07, 6.45) is -3.89. The van der Waals surface area contributed by atoms with Crippen LogP contribution in [0.25, 0.3) is 0 Å². The van der Waals surface area contributed by atoms with Crippen LogP contribution >= 0.6 is 0 Å². The van der Waals surface area contributed by atoms with E-state index in [1.54, 1.807) is 12.2 Å². The highest BCUT2D eigenvalue weighted by Gasteiger charge is 2.28. The van der Waals surface area contributed by atoms with Gasteiger partial charge in [0.1, 0.15) is 6.54 Å². The SMILES string of the molecule is CC[C@@H](C)NS(=O)(=O)c1ccc(C(=O)NCC(F)(F)F)cc1. The Bertz CT molecular complexity index is 612. The number of hydrogen-bond donors (Lipinski definition) is 2. The van der Waals surface area contributed by atoms with Gasteiger partial charge < -0.3 is 5.32 Å². The average molecular weight is 338 g/mol. The fraction of sp³-hybridized carbons (Fsp3) is 0.462. The molecule has 9 heteroatoms. The molecule has 0 aliphatic heterocycles. The van der Waals surface area contributed by atoms with Crippen LogP contribution in [0.3, 0.4) is 0 Å². The van der Waals surface area contributed by atoms with Gasteiger partial charge in [-0.3, -0.25) is 4.79 Å². The number of amides is 1. The largest absolute Gasteiger partial charge is 0.405 e. The number of hydrogen-bond acceptors (Lipinski definition) is 3. The molecule has 0 radical (unpaired) electrons. The zero-order valence-electron chi connectivity index (χ0n) is 12.1. The molecule has 0 unspecified atom stereocenters. The number of sulfonamides is 1. The van der Waals surface area contributed by atoms with Crippen LogP contribution in [0.2, 0.25) is 0 Å². The van der Waals surface area contributed by atoms with Gasteiger partial charge in [0.25, 0.3) is 5.91 Å². The minimum Gasteiger partial charge on any atom is -0.343 e. The van der Waals surface area contributed by atoms with Gasteiger partial charge in [0.15, 0.2) is 0 Å². The van der Waals surface area contributed by atoms with E-state index >= 15 is 0 Å². The molecule has 0 saturated heterocycles. The second-order valence-electron chi connectivity index (χ2n) is 4.75. The van der Waals surface area contributed by atoms with Crippen LogP contribution in [-0.4, -0.2) is 33.1 Å². The molecule has 1 aromatic rings. The molecule has 124 valence electrons. The molecule has 0 spiro atoms. The summed E-state index contributed by atoms with van der Waals surface area (Å²) in [5.41, 5.74) is -0.0493. The van der Waals surface area contributed by atoms with Gasteiger partial charge in [-0.1, -0.05) is 6.92 Å². The quantitative estimate of drug-likeness (QED) is 0.834. The minimum atomic E-state index is -4.50. The molecular formula is C13H17F3N2O3S. The zero-order chi connectivity index (χ0) is 17.0.